The third kappa shape index (κ3) is 5.35. The molecule has 1 rings (SSSR count). The number of hydrogen-bond acceptors (Lipinski definition) is 4. The van der Waals surface area contributed by atoms with E-state index in [-0.39, 0.29) is 0 Å². The lowest BCUT2D eigenvalue weighted by Gasteiger charge is -2.09. The molecule has 0 aromatic carbocycles. The summed E-state index contributed by atoms with van der Waals surface area (Å²) in [6, 6.07) is 2.07. The van der Waals surface area contributed by atoms with Gasteiger partial charge >= 0.3 is 0 Å². The number of ether oxygens (including phenoxy) is 1. The number of furan rings is 1. The third-order valence-electron chi connectivity index (χ3n) is 2.57. The van der Waals surface area contributed by atoms with E-state index in [2.05, 4.69) is 30.4 Å². The van der Waals surface area contributed by atoms with E-state index in [0.29, 0.717) is 6.61 Å². The highest BCUT2D eigenvalue weighted by molar-refractivity contribution is 5.19. The van der Waals surface area contributed by atoms with Crippen molar-refractivity contribution in [1.29, 1.82) is 0 Å². The van der Waals surface area contributed by atoms with Gasteiger partial charge in [0.2, 0.25) is 0 Å². The quantitative estimate of drug-likeness (QED) is 0.703. The van der Waals surface area contributed by atoms with E-state index in [0.717, 1.165) is 43.2 Å². The van der Waals surface area contributed by atoms with Crippen LogP contribution in [0.3, 0.4) is 0 Å². The SMILES string of the molecule is CNCc1cc(COCCCN(C)C)c(C)o1. The second-order valence-electron chi connectivity index (χ2n) is 4.53. The van der Waals surface area contributed by atoms with Crippen LogP contribution < -0.4 is 5.32 Å². The predicted octanol–water partition coefficient (Wildman–Crippen LogP) is 1.78. The van der Waals surface area contributed by atoms with Crippen molar-refractivity contribution >= 4 is 0 Å². The highest BCUT2D eigenvalue weighted by atomic mass is 16.5. The van der Waals surface area contributed by atoms with Crippen molar-refractivity contribution in [3.8, 4) is 0 Å². The first-order chi connectivity index (χ1) is 8.13. The maximum absolute atomic E-state index is 5.64. The monoisotopic (exact) mass is 240 g/mol. The molecule has 0 amide bonds. The van der Waals surface area contributed by atoms with Crippen LogP contribution in [0, 0.1) is 6.92 Å². The van der Waals surface area contributed by atoms with E-state index in [1.165, 1.54) is 0 Å². The van der Waals surface area contributed by atoms with Crippen LogP contribution in [-0.2, 0) is 17.9 Å². The maximum atomic E-state index is 5.64. The van der Waals surface area contributed by atoms with E-state index in [1.807, 2.05) is 14.0 Å². The Hall–Kier alpha value is -0.840. The van der Waals surface area contributed by atoms with Crippen molar-refractivity contribution in [2.24, 2.45) is 0 Å². The number of nitrogens with zero attached hydrogens (tertiary/aromatic N) is 1. The average Bonchev–Trinajstić information content (AvgIpc) is 2.59. The van der Waals surface area contributed by atoms with Crippen LogP contribution in [0.1, 0.15) is 23.5 Å². The molecule has 0 aliphatic heterocycles. The molecule has 0 bridgehead atoms. The van der Waals surface area contributed by atoms with Crippen molar-refractivity contribution in [1.82, 2.24) is 10.2 Å². The number of hydrogen-bond donors (Lipinski definition) is 1. The van der Waals surface area contributed by atoms with Crippen molar-refractivity contribution in [3.63, 3.8) is 0 Å². The van der Waals surface area contributed by atoms with Gasteiger partial charge in [-0.2, -0.15) is 0 Å². The van der Waals surface area contributed by atoms with Gasteiger partial charge in [0, 0.05) is 12.2 Å². The molecule has 0 radical (unpaired) electrons. The van der Waals surface area contributed by atoms with Crippen LogP contribution in [0.4, 0.5) is 0 Å². The van der Waals surface area contributed by atoms with Gasteiger partial charge in [-0.1, -0.05) is 0 Å². The zero-order valence-corrected chi connectivity index (χ0v) is 11.4. The minimum Gasteiger partial charge on any atom is -0.465 e. The Kier molecular flexibility index (Phi) is 6.26. The zero-order chi connectivity index (χ0) is 12.7. The van der Waals surface area contributed by atoms with Crippen LogP contribution in [0.25, 0.3) is 0 Å². The van der Waals surface area contributed by atoms with E-state index in [4.69, 9.17) is 9.15 Å². The fourth-order valence-corrected chi connectivity index (χ4v) is 1.66. The zero-order valence-electron chi connectivity index (χ0n) is 11.4. The van der Waals surface area contributed by atoms with E-state index >= 15 is 0 Å². The summed E-state index contributed by atoms with van der Waals surface area (Å²) in [4.78, 5) is 2.16. The summed E-state index contributed by atoms with van der Waals surface area (Å²) in [6.45, 7) is 5.26. The molecule has 98 valence electrons. The minimum absolute atomic E-state index is 0.645. The average molecular weight is 240 g/mol. The Balaban J connectivity index is 2.26. The predicted molar refractivity (Wildman–Crippen MR) is 69.0 cm³/mol. The van der Waals surface area contributed by atoms with Gasteiger partial charge in [0.05, 0.1) is 13.2 Å². The van der Waals surface area contributed by atoms with Crippen LogP contribution in [-0.4, -0.2) is 39.2 Å². The molecule has 1 N–H and O–H groups in total. The largest absolute Gasteiger partial charge is 0.465 e. The molecule has 0 saturated carbocycles. The molecule has 0 saturated heterocycles. The first-order valence-electron chi connectivity index (χ1n) is 6.08. The normalized spacial score (nSPS) is 11.4. The number of rotatable bonds is 8. The van der Waals surface area contributed by atoms with Crippen molar-refractivity contribution in [2.45, 2.75) is 26.5 Å². The summed E-state index contributed by atoms with van der Waals surface area (Å²) in [6.07, 6.45) is 1.06. The Morgan fingerprint density at radius 3 is 2.82 bits per heavy atom. The molecule has 17 heavy (non-hydrogen) atoms. The fourth-order valence-electron chi connectivity index (χ4n) is 1.66. The van der Waals surface area contributed by atoms with Gasteiger partial charge in [0.25, 0.3) is 0 Å². The lowest BCUT2D eigenvalue weighted by Crippen LogP contribution is -2.14. The fraction of sp³-hybridized carbons (Fsp3) is 0.692. The van der Waals surface area contributed by atoms with Crippen molar-refractivity contribution in [2.75, 3.05) is 34.3 Å². The lowest BCUT2D eigenvalue weighted by atomic mass is 10.2. The summed E-state index contributed by atoms with van der Waals surface area (Å²) in [5.41, 5.74) is 1.15. The summed E-state index contributed by atoms with van der Waals surface area (Å²) < 4.78 is 11.2. The van der Waals surface area contributed by atoms with Gasteiger partial charge < -0.3 is 19.4 Å². The molecule has 0 fully saturated rings. The highest BCUT2D eigenvalue weighted by Gasteiger charge is 2.06. The molecule has 0 atom stereocenters. The molecular weight excluding hydrogens is 216 g/mol. The van der Waals surface area contributed by atoms with Crippen LogP contribution in [0.2, 0.25) is 0 Å². The molecule has 4 heteroatoms. The summed E-state index contributed by atoms with van der Waals surface area (Å²) in [7, 11) is 6.06. The van der Waals surface area contributed by atoms with Crippen LogP contribution >= 0.6 is 0 Å². The first-order valence-corrected chi connectivity index (χ1v) is 6.08. The van der Waals surface area contributed by atoms with E-state index in [9.17, 15) is 0 Å². The smallest absolute Gasteiger partial charge is 0.118 e. The summed E-state index contributed by atoms with van der Waals surface area (Å²) in [5, 5.41) is 3.07. The Morgan fingerprint density at radius 1 is 1.41 bits per heavy atom. The van der Waals surface area contributed by atoms with Crippen LogP contribution in [0.15, 0.2) is 10.5 Å². The first kappa shape index (κ1) is 14.2. The molecule has 4 nitrogen and oxygen atoms in total. The standard InChI is InChI=1S/C13H24N2O2/c1-11-12(8-13(17-11)9-14-2)10-16-7-5-6-15(3)4/h8,14H,5-7,9-10H2,1-4H3. The van der Waals surface area contributed by atoms with Crippen molar-refractivity contribution in [3.05, 3.63) is 23.2 Å². The van der Waals surface area contributed by atoms with Gasteiger partial charge in [0.1, 0.15) is 11.5 Å². The molecule has 0 spiro atoms. The van der Waals surface area contributed by atoms with Gasteiger partial charge in [-0.05, 0) is 47.1 Å². The topological polar surface area (TPSA) is 37.6 Å². The molecule has 1 aromatic heterocycles. The van der Waals surface area contributed by atoms with Crippen molar-refractivity contribution < 1.29 is 9.15 Å². The molecule has 0 unspecified atom stereocenters. The molecule has 1 aromatic rings. The lowest BCUT2D eigenvalue weighted by molar-refractivity contribution is 0.112. The van der Waals surface area contributed by atoms with Gasteiger partial charge in [-0.15, -0.1) is 0 Å². The van der Waals surface area contributed by atoms with Gasteiger partial charge in [-0.25, -0.2) is 0 Å². The second-order valence-corrected chi connectivity index (χ2v) is 4.53. The van der Waals surface area contributed by atoms with E-state index in [1.54, 1.807) is 0 Å². The Bertz CT molecular complexity index is 321. The van der Waals surface area contributed by atoms with Crippen LogP contribution in [0.5, 0.6) is 0 Å². The second kappa shape index (κ2) is 7.48. The summed E-state index contributed by atoms with van der Waals surface area (Å²) >= 11 is 0. The molecular formula is C13H24N2O2. The number of nitrogens with one attached hydrogen (secondary N) is 1. The van der Waals surface area contributed by atoms with Gasteiger partial charge in [0.15, 0.2) is 0 Å². The van der Waals surface area contributed by atoms with E-state index < -0.39 is 0 Å². The molecule has 0 aliphatic rings. The number of aryl methyl sites for hydroxylation is 1. The third-order valence-corrected chi connectivity index (χ3v) is 2.57. The minimum atomic E-state index is 0.645. The Morgan fingerprint density at radius 2 is 2.18 bits per heavy atom. The highest BCUT2D eigenvalue weighted by Crippen LogP contribution is 2.15. The summed E-state index contributed by atoms with van der Waals surface area (Å²) in [5.74, 6) is 1.93. The molecule has 0 aliphatic carbocycles. The Labute approximate surface area is 104 Å². The van der Waals surface area contributed by atoms with Gasteiger partial charge in [-0.3, -0.25) is 0 Å². The molecule has 1 heterocycles. The maximum Gasteiger partial charge on any atom is 0.118 e.